The minimum atomic E-state index is -0.541. The van der Waals surface area contributed by atoms with E-state index in [0.717, 1.165) is 16.6 Å². The van der Waals surface area contributed by atoms with Crippen molar-refractivity contribution in [1.82, 2.24) is 9.78 Å². The van der Waals surface area contributed by atoms with Gasteiger partial charge in [-0.05, 0) is 19.9 Å². The first-order chi connectivity index (χ1) is 7.06. The zero-order valence-electron chi connectivity index (χ0n) is 9.15. The number of nitriles is 1. The van der Waals surface area contributed by atoms with E-state index in [-0.39, 0.29) is 0 Å². The summed E-state index contributed by atoms with van der Waals surface area (Å²) in [7, 11) is 1.90. The minimum Gasteiger partial charge on any atom is -0.268 e. The van der Waals surface area contributed by atoms with Crippen molar-refractivity contribution >= 4 is 10.9 Å². The van der Waals surface area contributed by atoms with Gasteiger partial charge in [0.15, 0.2) is 0 Å². The van der Waals surface area contributed by atoms with Crippen molar-refractivity contribution in [1.29, 1.82) is 5.26 Å². The van der Waals surface area contributed by atoms with Crippen LogP contribution in [-0.2, 0) is 12.5 Å². The van der Waals surface area contributed by atoms with Gasteiger partial charge in [-0.15, -0.1) is 0 Å². The van der Waals surface area contributed by atoms with Crippen LogP contribution in [0.15, 0.2) is 24.3 Å². The fraction of sp³-hybridized carbons (Fsp3) is 0.333. The fourth-order valence-corrected chi connectivity index (χ4v) is 1.73. The van der Waals surface area contributed by atoms with E-state index < -0.39 is 5.41 Å². The van der Waals surface area contributed by atoms with Gasteiger partial charge in [0.2, 0.25) is 0 Å². The lowest BCUT2D eigenvalue weighted by Crippen LogP contribution is -2.15. The van der Waals surface area contributed by atoms with Crippen LogP contribution in [0, 0.1) is 11.3 Å². The highest BCUT2D eigenvalue weighted by molar-refractivity contribution is 5.83. The van der Waals surface area contributed by atoms with Crippen molar-refractivity contribution in [3.8, 4) is 6.07 Å². The molecule has 0 N–H and O–H groups in total. The Balaban J connectivity index is 2.80. The molecule has 2 rings (SSSR count). The Morgan fingerprint density at radius 1 is 1.33 bits per heavy atom. The average molecular weight is 199 g/mol. The van der Waals surface area contributed by atoms with E-state index in [2.05, 4.69) is 11.2 Å². The molecule has 76 valence electrons. The van der Waals surface area contributed by atoms with Crippen LogP contribution < -0.4 is 0 Å². The van der Waals surface area contributed by atoms with E-state index >= 15 is 0 Å². The fourth-order valence-electron chi connectivity index (χ4n) is 1.73. The monoisotopic (exact) mass is 199 g/mol. The van der Waals surface area contributed by atoms with Gasteiger partial charge in [0.1, 0.15) is 0 Å². The molecule has 0 aliphatic carbocycles. The van der Waals surface area contributed by atoms with Crippen molar-refractivity contribution in [3.05, 3.63) is 30.0 Å². The van der Waals surface area contributed by atoms with Crippen LogP contribution in [0.2, 0.25) is 0 Å². The number of aryl methyl sites for hydroxylation is 1. The summed E-state index contributed by atoms with van der Waals surface area (Å²) in [6, 6.07) is 10.3. The molecule has 3 heteroatoms. The van der Waals surface area contributed by atoms with E-state index in [4.69, 9.17) is 5.26 Å². The highest BCUT2D eigenvalue weighted by Crippen LogP contribution is 2.28. The zero-order chi connectivity index (χ0) is 11.1. The van der Waals surface area contributed by atoms with Crippen LogP contribution in [0.25, 0.3) is 10.9 Å². The number of nitrogens with zero attached hydrogens (tertiary/aromatic N) is 3. The van der Waals surface area contributed by atoms with Crippen LogP contribution in [0.3, 0.4) is 0 Å². The van der Waals surface area contributed by atoms with Gasteiger partial charge < -0.3 is 0 Å². The highest BCUT2D eigenvalue weighted by atomic mass is 15.3. The van der Waals surface area contributed by atoms with Crippen molar-refractivity contribution in [2.24, 2.45) is 7.05 Å². The molecular formula is C12H13N3. The summed E-state index contributed by atoms with van der Waals surface area (Å²) in [4.78, 5) is 0. The molecule has 0 fully saturated rings. The Kier molecular flexibility index (Phi) is 2.01. The van der Waals surface area contributed by atoms with Gasteiger partial charge in [-0.25, -0.2) is 0 Å². The number of fused-ring (bicyclic) bond motifs is 1. The topological polar surface area (TPSA) is 41.6 Å². The van der Waals surface area contributed by atoms with Crippen molar-refractivity contribution < 1.29 is 0 Å². The van der Waals surface area contributed by atoms with Gasteiger partial charge in [-0.1, -0.05) is 18.2 Å². The smallest absolute Gasteiger partial charge is 0.0962 e. The normalized spacial score (nSPS) is 11.6. The molecule has 0 saturated carbocycles. The van der Waals surface area contributed by atoms with Gasteiger partial charge in [0.25, 0.3) is 0 Å². The maximum absolute atomic E-state index is 9.12. The van der Waals surface area contributed by atoms with Gasteiger partial charge in [-0.3, -0.25) is 4.68 Å². The van der Waals surface area contributed by atoms with Crippen LogP contribution in [-0.4, -0.2) is 9.78 Å². The maximum Gasteiger partial charge on any atom is 0.0962 e. The number of rotatable bonds is 1. The quantitative estimate of drug-likeness (QED) is 0.707. The van der Waals surface area contributed by atoms with Crippen molar-refractivity contribution in [2.45, 2.75) is 19.3 Å². The van der Waals surface area contributed by atoms with E-state index in [1.807, 2.05) is 49.8 Å². The molecule has 0 unspecified atom stereocenters. The zero-order valence-corrected chi connectivity index (χ0v) is 9.15. The third-order valence-corrected chi connectivity index (χ3v) is 2.63. The van der Waals surface area contributed by atoms with Crippen LogP contribution >= 0.6 is 0 Å². The first-order valence-electron chi connectivity index (χ1n) is 4.90. The number of hydrogen-bond donors (Lipinski definition) is 0. The SMILES string of the molecule is Cn1nc(C(C)(C)C#N)c2ccccc21. The standard InChI is InChI=1S/C12H13N3/c1-12(2,8-13)11-9-6-4-5-7-10(9)15(3)14-11/h4-7H,1-3H3. The van der Waals surface area contributed by atoms with Crippen LogP contribution in [0.1, 0.15) is 19.5 Å². The summed E-state index contributed by atoms with van der Waals surface area (Å²) in [5.74, 6) is 0. The number of benzene rings is 1. The van der Waals surface area contributed by atoms with Gasteiger partial charge >= 0.3 is 0 Å². The molecule has 0 aliphatic rings. The summed E-state index contributed by atoms with van der Waals surface area (Å²) < 4.78 is 1.82. The minimum absolute atomic E-state index is 0.541. The van der Waals surface area contributed by atoms with Crippen molar-refractivity contribution in [2.75, 3.05) is 0 Å². The molecule has 0 atom stereocenters. The maximum atomic E-state index is 9.12. The first kappa shape index (κ1) is 9.72. The third kappa shape index (κ3) is 1.39. The molecule has 3 nitrogen and oxygen atoms in total. The van der Waals surface area contributed by atoms with Crippen molar-refractivity contribution in [3.63, 3.8) is 0 Å². The van der Waals surface area contributed by atoms with Crippen LogP contribution in [0.5, 0.6) is 0 Å². The number of para-hydroxylation sites is 1. The second-order valence-electron chi connectivity index (χ2n) is 4.23. The molecular weight excluding hydrogens is 186 g/mol. The average Bonchev–Trinajstić information content (AvgIpc) is 2.58. The molecule has 1 aromatic heterocycles. The van der Waals surface area contributed by atoms with E-state index in [0.29, 0.717) is 0 Å². The predicted molar refractivity (Wildman–Crippen MR) is 59.4 cm³/mol. The van der Waals surface area contributed by atoms with Gasteiger partial charge in [0.05, 0.1) is 22.7 Å². The first-order valence-corrected chi connectivity index (χ1v) is 4.90. The van der Waals surface area contributed by atoms with Gasteiger partial charge in [-0.2, -0.15) is 10.4 Å². The summed E-state index contributed by atoms with van der Waals surface area (Å²) in [6.45, 7) is 3.78. The second-order valence-corrected chi connectivity index (χ2v) is 4.23. The van der Waals surface area contributed by atoms with Crippen LogP contribution in [0.4, 0.5) is 0 Å². The Morgan fingerprint density at radius 2 is 2.00 bits per heavy atom. The Labute approximate surface area is 88.9 Å². The molecule has 0 aliphatic heterocycles. The Morgan fingerprint density at radius 3 is 2.67 bits per heavy atom. The number of hydrogen-bond acceptors (Lipinski definition) is 2. The lowest BCUT2D eigenvalue weighted by Gasteiger charge is -2.11. The molecule has 0 spiro atoms. The van der Waals surface area contributed by atoms with E-state index in [1.54, 1.807) is 0 Å². The summed E-state index contributed by atoms with van der Waals surface area (Å²) >= 11 is 0. The molecule has 2 aromatic rings. The molecule has 1 heterocycles. The second kappa shape index (κ2) is 3.09. The highest BCUT2D eigenvalue weighted by Gasteiger charge is 2.26. The summed E-state index contributed by atoms with van der Waals surface area (Å²) in [6.07, 6.45) is 0. The lowest BCUT2D eigenvalue weighted by atomic mass is 9.89. The molecule has 1 aromatic carbocycles. The Hall–Kier alpha value is -1.82. The largest absolute Gasteiger partial charge is 0.268 e. The molecule has 0 bridgehead atoms. The van der Waals surface area contributed by atoms with Gasteiger partial charge in [0, 0.05) is 12.4 Å². The third-order valence-electron chi connectivity index (χ3n) is 2.63. The molecule has 15 heavy (non-hydrogen) atoms. The molecule has 0 amide bonds. The Bertz CT molecular complexity index is 543. The van der Waals surface area contributed by atoms with E-state index in [9.17, 15) is 0 Å². The molecule has 0 radical (unpaired) electrons. The molecule has 0 saturated heterocycles. The van der Waals surface area contributed by atoms with E-state index in [1.165, 1.54) is 0 Å². The number of aromatic nitrogens is 2. The summed E-state index contributed by atoms with van der Waals surface area (Å²) in [5, 5.41) is 14.6. The predicted octanol–water partition coefficient (Wildman–Crippen LogP) is 2.37. The lowest BCUT2D eigenvalue weighted by molar-refractivity contribution is 0.634. The summed E-state index contributed by atoms with van der Waals surface area (Å²) in [5.41, 5.74) is 1.37.